The number of rotatable bonds is 3. The molecular formula is C14H17ClN2O4. The number of hydrogen-bond donors (Lipinski definition) is 2. The van der Waals surface area contributed by atoms with Crippen LogP contribution in [0.3, 0.4) is 0 Å². The summed E-state index contributed by atoms with van der Waals surface area (Å²) in [5, 5.41) is 19.3. The first-order valence-electron chi connectivity index (χ1n) is 6.56. The molecule has 1 aromatic carbocycles. The Hall–Kier alpha value is -1.79. The molecule has 2 amide bonds. The van der Waals surface area contributed by atoms with E-state index in [1.807, 2.05) is 6.07 Å². The van der Waals surface area contributed by atoms with Crippen LogP contribution in [-0.2, 0) is 11.3 Å². The van der Waals surface area contributed by atoms with Crippen molar-refractivity contribution in [2.45, 2.75) is 25.1 Å². The van der Waals surface area contributed by atoms with Crippen LogP contribution in [0.2, 0.25) is 5.02 Å². The fourth-order valence-corrected chi connectivity index (χ4v) is 2.62. The number of halogens is 1. The van der Waals surface area contributed by atoms with Crippen LogP contribution in [0.4, 0.5) is 4.79 Å². The molecule has 2 rings (SSSR count). The molecule has 114 valence electrons. The number of amides is 2. The molecule has 1 saturated heterocycles. The lowest BCUT2D eigenvalue weighted by Crippen LogP contribution is -2.46. The summed E-state index contributed by atoms with van der Waals surface area (Å²) in [5.41, 5.74) is 0.779. The van der Waals surface area contributed by atoms with Gasteiger partial charge in [0.2, 0.25) is 0 Å². The monoisotopic (exact) mass is 312 g/mol. The van der Waals surface area contributed by atoms with Crippen molar-refractivity contribution in [1.29, 1.82) is 0 Å². The Bertz CT molecular complexity index is 552. The van der Waals surface area contributed by atoms with Gasteiger partial charge in [-0.05, 0) is 11.6 Å². The van der Waals surface area contributed by atoms with Gasteiger partial charge in [0.15, 0.2) is 0 Å². The van der Waals surface area contributed by atoms with Crippen LogP contribution in [0, 0.1) is 0 Å². The van der Waals surface area contributed by atoms with Crippen LogP contribution >= 0.6 is 11.6 Å². The zero-order valence-corrected chi connectivity index (χ0v) is 12.3. The highest BCUT2D eigenvalue weighted by atomic mass is 35.5. The molecule has 1 aromatic rings. The molecule has 6 nitrogen and oxygen atoms in total. The van der Waals surface area contributed by atoms with E-state index in [9.17, 15) is 14.7 Å². The Balaban J connectivity index is 2.08. The number of aliphatic hydroxyl groups excluding tert-OH is 1. The zero-order valence-electron chi connectivity index (χ0n) is 11.6. The zero-order chi connectivity index (χ0) is 15.6. The van der Waals surface area contributed by atoms with Crippen LogP contribution in [0.1, 0.15) is 12.0 Å². The van der Waals surface area contributed by atoms with Gasteiger partial charge in [-0.25, -0.2) is 9.59 Å². The van der Waals surface area contributed by atoms with Gasteiger partial charge in [-0.1, -0.05) is 29.8 Å². The van der Waals surface area contributed by atoms with E-state index in [-0.39, 0.29) is 19.5 Å². The second-order valence-electron chi connectivity index (χ2n) is 5.13. The third kappa shape index (κ3) is 3.46. The van der Waals surface area contributed by atoms with Crippen molar-refractivity contribution in [2.24, 2.45) is 0 Å². The molecule has 0 unspecified atom stereocenters. The molecule has 21 heavy (non-hydrogen) atoms. The minimum atomic E-state index is -1.11. The largest absolute Gasteiger partial charge is 0.480 e. The standard InChI is InChI=1S/C14H17ClN2O4/c1-16(7-9-4-2-3-5-11(9)15)14(21)17-8-10(18)6-12(17)13(19)20/h2-5,10,12,18H,6-8H2,1H3,(H,19,20)/t10-,12-/m0/s1. The highest BCUT2D eigenvalue weighted by Gasteiger charge is 2.40. The van der Waals surface area contributed by atoms with Crippen molar-refractivity contribution < 1.29 is 19.8 Å². The molecule has 0 bridgehead atoms. The molecule has 0 radical (unpaired) electrons. The molecule has 7 heteroatoms. The average Bonchev–Trinajstić information content (AvgIpc) is 2.82. The predicted octanol–water partition coefficient (Wildman–Crippen LogP) is 1.41. The van der Waals surface area contributed by atoms with Gasteiger partial charge in [-0.2, -0.15) is 0 Å². The van der Waals surface area contributed by atoms with E-state index >= 15 is 0 Å². The quantitative estimate of drug-likeness (QED) is 0.884. The van der Waals surface area contributed by atoms with Crippen molar-refractivity contribution in [3.05, 3.63) is 34.9 Å². The average molecular weight is 313 g/mol. The number of nitrogens with zero attached hydrogens (tertiary/aromatic N) is 2. The van der Waals surface area contributed by atoms with Gasteiger partial charge < -0.3 is 20.0 Å². The highest BCUT2D eigenvalue weighted by Crippen LogP contribution is 2.22. The maximum Gasteiger partial charge on any atom is 0.326 e. The summed E-state index contributed by atoms with van der Waals surface area (Å²) in [4.78, 5) is 26.1. The summed E-state index contributed by atoms with van der Waals surface area (Å²) in [5.74, 6) is -1.11. The molecule has 2 atom stereocenters. The molecule has 2 N–H and O–H groups in total. The van der Waals surface area contributed by atoms with Gasteiger partial charge in [0, 0.05) is 31.6 Å². The van der Waals surface area contributed by atoms with E-state index in [0.717, 1.165) is 5.56 Å². The smallest absolute Gasteiger partial charge is 0.326 e. The van der Waals surface area contributed by atoms with Gasteiger partial charge in [0.1, 0.15) is 6.04 Å². The Morgan fingerprint density at radius 1 is 1.43 bits per heavy atom. The number of benzene rings is 1. The van der Waals surface area contributed by atoms with Crippen molar-refractivity contribution >= 4 is 23.6 Å². The lowest BCUT2D eigenvalue weighted by molar-refractivity contribution is -0.141. The lowest BCUT2D eigenvalue weighted by atomic mass is 10.2. The summed E-state index contributed by atoms with van der Waals surface area (Å²) in [6.45, 7) is 0.306. The minimum Gasteiger partial charge on any atom is -0.480 e. The van der Waals surface area contributed by atoms with Gasteiger partial charge in [0.25, 0.3) is 0 Å². The topological polar surface area (TPSA) is 81.1 Å². The van der Waals surface area contributed by atoms with Crippen LogP contribution in [-0.4, -0.2) is 57.8 Å². The Kier molecular flexibility index (Phi) is 4.69. The molecule has 1 aliphatic rings. The van der Waals surface area contributed by atoms with Gasteiger partial charge in [0.05, 0.1) is 6.10 Å². The maximum atomic E-state index is 12.4. The third-order valence-electron chi connectivity index (χ3n) is 3.50. The number of hydrogen-bond acceptors (Lipinski definition) is 3. The van der Waals surface area contributed by atoms with E-state index < -0.39 is 24.1 Å². The summed E-state index contributed by atoms with van der Waals surface area (Å²) in [7, 11) is 1.58. The number of likely N-dealkylation sites (tertiary alicyclic amines) is 1. The van der Waals surface area contributed by atoms with Gasteiger partial charge >= 0.3 is 12.0 Å². The van der Waals surface area contributed by atoms with Gasteiger partial charge in [-0.3, -0.25) is 0 Å². The Labute approximate surface area is 127 Å². The predicted molar refractivity (Wildman–Crippen MR) is 77.1 cm³/mol. The molecular weight excluding hydrogens is 296 g/mol. The van der Waals surface area contributed by atoms with Crippen molar-refractivity contribution in [3.8, 4) is 0 Å². The maximum absolute atomic E-state index is 12.4. The van der Waals surface area contributed by atoms with E-state index in [4.69, 9.17) is 16.7 Å². The molecule has 0 spiro atoms. The molecule has 0 aliphatic carbocycles. The minimum absolute atomic E-state index is 0.0304. The summed E-state index contributed by atoms with van der Waals surface area (Å²) in [6.07, 6.45) is -0.746. The second kappa shape index (κ2) is 6.32. The molecule has 1 aliphatic heterocycles. The number of carboxylic acid groups (broad SMARTS) is 1. The number of aliphatic hydroxyl groups is 1. The summed E-state index contributed by atoms with van der Waals surface area (Å²) < 4.78 is 0. The lowest BCUT2D eigenvalue weighted by Gasteiger charge is -2.27. The highest BCUT2D eigenvalue weighted by molar-refractivity contribution is 6.31. The SMILES string of the molecule is CN(Cc1ccccc1Cl)C(=O)N1C[C@@H](O)C[C@H]1C(=O)O. The van der Waals surface area contributed by atoms with Crippen LogP contribution < -0.4 is 0 Å². The fraction of sp³-hybridized carbons (Fsp3) is 0.429. The molecule has 1 heterocycles. The summed E-state index contributed by atoms with van der Waals surface area (Å²) in [6, 6.07) is 5.73. The van der Waals surface area contributed by atoms with E-state index in [1.54, 1.807) is 25.2 Å². The number of carbonyl (C=O) groups excluding carboxylic acids is 1. The second-order valence-corrected chi connectivity index (χ2v) is 5.53. The van der Waals surface area contributed by atoms with Crippen molar-refractivity contribution in [3.63, 3.8) is 0 Å². The van der Waals surface area contributed by atoms with E-state index in [1.165, 1.54) is 9.80 Å². The number of carboxylic acids is 1. The first kappa shape index (κ1) is 15.6. The fourth-order valence-electron chi connectivity index (χ4n) is 2.43. The van der Waals surface area contributed by atoms with Crippen LogP contribution in [0.5, 0.6) is 0 Å². The molecule has 1 fully saturated rings. The number of β-amino-alcohol motifs (C(OH)–C–C–N with tert-alkyl or cyclic N) is 1. The first-order valence-corrected chi connectivity index (χ1v) is 6.94. The van der Waals surface area contributed by atoms with Crippen LogP contribution in [0.15, 0.2) is 24.3 Å². The Morgan fingerprint density at radius 2 is 2.10 bits per heavy atom. The van der Waals surface area contributed by atoms with Crippen molar-refractivity contribution in [1.82, 2.24) is 9.80 Å². The number of urea groups is 1. The van der Waals surface area contributed by atoms with Crippen molar-refractivity contribution in [2.75, 3.05) is 13.6 Å². The normalized spacial score (nSPS) is 21.4. The van der Waals surface area contributed by atoms with E-state index in [2.05, 4.69) is 0 Å². The third-order valence-corrected chi connectivity index (χ3v) is 3.87. The number of aliphatic carboxylic acids is 1. The first-order chi connectivity index (χ1) is 9.90. The van der Waals surface area contributed by atoms with Gasteiger partial charge in [-0.15, -0.1) is 0 Å². The van der Waals surface area contributed by atoms with E-state index in [0.29, 0.717) is 5.02 Å². The Morgan fingerprint density at radius 3 is 2.71 bits per heavy atom. The molecule has 0 saturated carbocycles. The molecule has 0 aromatic heterocycles. The summed E-state index contributed by atoms with van der Waals surface area (Å²) >= 11 is 6.05. The number of carbonyl (C=O) groups is 2. The van der Waals surface area contributed by atoms with Crippen LogP contribution in [0.25, 0.3) is 0 Å².